The first-order valence-electron chi connectivity index (χ1n) is 4.67. The minimum Gasteiger partial charge on any atom is -0.329 e. The van der Waals surface area contributed by atoms with Gasteiger partial charge in [0, 0.05) is 18.2 Å². The third-order valence-corrected chi connectivity index (χ3v) is 2.18. The highest BCUT2D eigenvalue weighted by Crippen LogP contribution is 2.07. The fourth-order valence-corrected chi connectivity index (χ4v) is 1.46. The number of H-pyrrole nitrogens is 1. The summed E-state index contributed by atoms with van der Waals surface area (Å²) in [5.41, 5.74) is 1.32. The lowest BCUT2D eigenvalue weighted by Gasteiger charge is -2.00. The van der Waals surface area contributed by atoms with Crippen LogP contribution in [0.3, 0.4) is 0 Å². The van der Waals surface area contributed by atoms with Gasteiger partial charge in [0.1, 0.15) is 5.82 Å². The molecule has 1 heterocycles. The van der Waals surface area contributed by atoms with Gasteiger partial charge in [-0.25, -0.2) is 4.39 Å². The van der Waals surface area contributed by atoms with Gasteiger partial charge in [-0.05, 0) is 23.8 Å². The molecule has 0 bridgehead atoms. The van der Waals surface area contributed by atoms with Gasteiger partial charge in [-0.3, -0.25) is 4.79 Å². The summed E-state index contributed by atoms with van der Waals surface area (Å²) in [6.45, 7) is 0. The Balaban J connectivity index is 2.30. The summed E-state index contributed by atoms with van der Waals surface area (Å²) in [5, 5.41) is 0. The number of aromatic nitrogens is 1. The van der Waals surface area contributed by atoms with Crippen LogP contribution in [0.4, 0.5) is 4.39 Å². The Morgan fingerprint density at radius 1 is 1.20 bits per heavy atom. The van der Waals surface area contributed by atoms with Gasteiger partial charge in [0.15, 0.2) is 0 Å². The van der Waals surface area contributed by atoms with Crippen molar-refractivity contribution in [3.8, 4) is 0 Å². The molecule has 2 aromatic rings. The van der Waals surface area contributed by atoms with Crippen LogP contribution in [0, 0.1) is 5.82 Å². The second kappa shape index (κ2) is 4.09. The number of pyridine rings is 1. The van der Waals surface area contributed by atoms with Crippen LogP contribution in [-0.2, 0) is 6.42 Å². The van der Waals surface area contributed by atoms with Crippen molar-refractivity contribution in [1.82, 2.24) is 4.98 Å². The molecule has 0 aliphatic rings. The number of hydrogen-bond acceptors (Lipinski definition) is 1. The van der Waals surface area contributed by atoms with Gasteiger partial charge in [-0.1, -0.05) is 18.2 Å². The van der Waals surface area contributed by atoms with E-state index in [-0.39, 0.29) is 11.4 Å². The van der Waals surface area contributed by atoms with Gasteiger partial charge in [-0.2, -0.15) is 0 Å². The zero-order valence-electron chi connectivity index (χ0n) is 8.03. The van der Waals surface area contributed by atoms with Gasteiger partial charge in [0.25, 0.3) is 5.56 Å². The van der Waals surface area contributed by atoms with E-state index in [1.54, 1.807) is 30.5 Å². The van der Waals surface area contributed by atoms with E-state index in [1.807, 2.05) is 0 Å². The summed E-state index contributed by atoms with van der Waals surface area (Å²) in [5.74, 6) is -0.278. The van der Waals surface area contributed by atoms with Crippen LogP contribution < -0.4 is 5.56 Å². The molecule has 0 amide bonds. The maximum Gasteiger partial charge on any atom is 0.251 e. The first-order chi connectivity index (χ1) is 7.25. The predicted octanol–water partition coefficient (Wildman–Crippen LogP) is 2.10. The van der Waals surface area contributed by atoms with Crippen molar-refractivity contribution in [2.24, 2.45) is 0 Å². The summed E-state index contributed by atoms with van der Waals surface area (Å²) < 4.78 is 12.9. The molecule has 0 saturated carbocycles. The van der Waals surface area contributed by atoms with Gasteiger partial charge >= 0.3 is 0 Å². The SMILES string of the molecule is O=c1[nH]cccc1Cc1cccc(F)c1. The van der Waals surface area contributed by atoms with E-state index in [0.29, 0.717) is 12.0 Å². The van der Waals surface area contributed by atoms with Crippen molar-refractivity contribution in [2.75, 3.05) is 0 Å². The number of rotatable bonds is 2. The smallest absolute Gasteiger partial charge is 0.251 e. The number of benzene rings is 1. The van der Waals surface area contributed by atoms with Gasteiger partial charge < -0.3 is 4.98 Å². The van der Waals surface area contributed by atoms with Crippen LogP contribution in [0.1, 0.15) is 11.1 Å². The minimum absolute atomic E-state index is 0.123. The second-order valence-corrected chi connectivity index (χ2v) is 3.33. The zero-order valence-corrected chi connectivity index (χ0v) is 8.03. The Bertz CT molecular complexity index is 519. The average Bonchev–Trinajstić information content (AvgIpc) is 2.22. The summed E-state index contributed by atoms with van der Waals surface area (Å²) in [4.78, 5) is 13.9. The number of hydrogen-bond donors (Lipinski definition) is 1. The van der Waals surface area contributed by atoms with Gasteiger partial charge in [-0.15, -0.1) is 0 Å². The van der Waals surface area contributed by atoms with Gasteiger partial charge in [0.05, 0.1) is 0 Å². The molecule has 3 heteroatoms. The van der Waals surface area contributed by atoms with Crippen LogP contribution >= 0.6 is 0 Å². The highest BCUT2D eigenvalue weighted by molar-refractivity contribution is 5.24. The van der Waals surface area contributed by atoms with Crippen molar-refractivity contribution in [3.63, 3.8) is 0 Å². The summed E-state index contributed by atoms with van der Waals surface area (Å²) in [7, 11) is 0. The van der Waals surface area contributed by atoms with Crippen molar-refractivity contribution in [3.05, 3.63) is 69.9 Å². The fourth-order valence-electron chi connectivity index (χ4n) is 1.46. The minimum atomic E-state index is -0.278. The number of aromatic amines is 1. The highest BCUT2D eigenvalue weighted by atomic mass is 19.1. The Morgan fingerprint density at radius 3 is 2.80 bits per heavy atom. The van der Waals surface area contributed by atoms with Crippen LogP contribution in [0.15, 0.2) is 47.4 Å². The van der Waals surface area contributed by atoms with E-state index in [4.69, 9.17) is 0 Å². The Labute approximate surface area is 86.4 Å². The van der Waals surface area contributed by atoms with Crippen LogP contribution in [-0.4, -0.2) is 4.98 Å². The van der Waals surface area contributed by atoms with Crippen molar-refractivity contribution < 1.29 is 4.39 Å². The van der Waals surface area contributed by atoms with E-state index in [0.717, 1.165) is 5.56 Å². The molecule has 0 saturated heterocycles. The molecule has 0 radical (unpaired) electrons. The molecular formula is C12H10FNO. The normalized spacial score (nSPS) is 10.2. The molecule has 0 fully saturated rings. The van der Waals surface area contributed by atoms with Gasteiger partial charge in [0.2, 0.25) is 0 Å². The fraction of sp³-hybridized carbons (Fsp3) is 0.0833. The van der Waals surface area contributed by atoms with Crippen LogP contribution in [0.25, 0.3) is 0 Å². The first-order valence-corrected chi connectivity index (χ1v) is 4.67. The molecule has 0 aliphatic heterocycles. The molecule has 0 spiro atoms. The van der Waals surface area contributed by atoms with Crippen molar-refractivity contribution in [1.29, 1.82) is 0 Å². The molecule has 76 valence electrons. The van der Waals surface area contributed by atoms with E-state index in [1.165, 1.54) is 12.1 Å². The standard InChI is InChI=1S/C12H10FNO/c13-11-5-1-3-9(8-11)7-10-4-2-6-14-12(10)15/h1-6,8H,7H2,(H,14,15). The number of halogens is 1. The first kappa shape index (κ1) is 9.65. The Morgan fingerprint density at radius 2 is 2.07 bits per heavy atom. The molecule has 1 N–H and O–H groups in total. The topological polar surface area (TPSA) is 32.9 Å². The predicted molar refractivity (Wildman–Crippen MR) is 56.3 cm³/mol. The third kappa shape index (κ3) is 2.31. The van der Waals surface area contributed by atoms with E-state index < -0.39 is 0 Å². The van der Waals surface area contributed by atoms with Crippen molar-refractivity contribution >= 4 is 0 Å². The molecule has 0 unspecified atom stereocenters. The van der Waals surface area contributed by atoms with Crippen LogP contribution in [0.2, 0.25) is 0 Å². The molecular weight excluding hydrogens is 193 g/mol. The Hall–Kier alpha value is -1.90. The highest BCUT2D eigenvalue weighted by Gasteiger charge is 2.00. The van der Waals surface area contributed by atoms with Crippen molar-refractivity contribution in [2.45, 2.75) is 6.42 Å². The molecule has 0 aliphatic carbocycles. The lowest BCUT2D eigenvalue weighted by atomic mass is 10.1. The van der Waals surface area contributed by atoms with E-state index >= 15 is 0 Å². The quantitative estimate of drug-likeness (QED) is 0.796. The maximum absolute atomic E-state index is 12.9. The molecule has 0 atom stereocenters. The maximum atomic E-state index is 12.9. The number of nitrogens with one attached hydrogen (secondary N) is 1. The third-order valence-electron chi connectivity index (χ3n) is 2.18. The molecule has 1 aromatic carbocycles. The van der Waals surface area contributed by atoms with E-state index in [2.05, 4.69) is 4.98 Å². The monoisotopic (exact) mass is 203 g/mol. The lowest BCUT2D eigenvalue weighted by molar-refractivity contribution is 0.626. The summed E-state index contributed by atoms with van der Waals surface area (Å²) in [6.07, 6.45) is 2.03. The van der Waals surface area contributed by atoms with Crippen LogP contribution in [0.5, 0.6) is 0 Å². The lowest BCUT2D eigenvalue weighted by Crippen LogP contribution is -2.11. The zero-order chi connectivity index (χ0) is 10.7. The molecule has 2 rings (SSSR count). The summed E-state index contributed by atoms with van der Waals surface area (Å²) in [6, 6.07) is 9.77. The van der Waals surface area contributed by atoms with E-state index in [9.17, 15) is 9.18 Å². The Kier molecular flexibility index (Phi) is 2.63. The molecule has 2 nitrogen and oxygen atoms in total. The second-order valence-electron chi connectivity index (χ2n) is 3.33. The summed E-state index contributed by atoms with van der Waals surface area (Å²) >= 11 is 0. The average molecular weight is 203 g/mol. The molecule has 15 heavy (non-hydrogen) atoms. The molecule has 1 aromatic heterocycles. The largest absolute Gasteiger partial charge is 0.329 e.